The normalized spacial score (nSPS) is 11.8. The predicted octanol–water partition coefficient (Wildman–Crippen LogP) is 15.8. The highest BCUT2D eigenvalue weighted by Gasteiger charge is 2.27. The van der Waals surface area contributed by atoms with E-state index in [4.69, 9.17) is 15.0 Å². The van der Waals surface area contributed by atoms with Crippen molar-refractivity contribution in [3.63, 3.8) is 0 Å². The highest BCUT2D eigenvalue weighted by molar-refractivity contribution is 6.31. The Bertz CT molecular complexity index is 4110. The first-order valence-electron chi connectivity index (χ1n) is 23.4. The molecule has 0 amide bonds. The summed E-state index contributed by atoms with van der Waals surface area (Å²) in [5, 5.41) is 6.99. The maximum Gasteiger partial charge on any atom is 0.238 e. The van der Waals surface area contributed by atoms with Crippen molar-refractivity contribution >= 4 is 65.4 Å². The number of aromatic nitrogens is 6. The van der Waals surface area contributed by atoms with Crippen LogP contribution < -0.4 is 0 Å². The molecule has 4 heterocycles. The van der Waals surface area contributed by atoms with E-state index in [1.54, 1.807) is 0 Å². The van der Waals surface area contributed by atoms with Crippen molar-refractivity contribution < 1.29 is 0 Å². The summed E-state index contributed by atoms with van der Waals surface area (Å²) in [6, 6.07) is 86.2. The Morgan fingerprint density at radius 1 is 0.261 bits per heavy atom. The minimum atomic E-state index is 0.541. The second-order valence-electron chi connectivity index (χ2n) is 17.6. The zero-order valence-electron chi connectivity index (χ0n) is 37.3. The zero-order valence-corrected chi connectivity index (χ0v) is 37.3. The van der Waals surface area contributed by atoms with Gasteiger partial charge in [0.1, 0.15) is 0 Å². The topological polar surface area (TPSA) is 53.5 Å². The quantitative estimate of drug-likeness (QED) is 0.160. The monoisotopic (exact) mass is 880 g/mol. The van der Waals surface area contributed by atoms with Crippen LogP contribution in [0.2, 0.25) is 0 Å². The van der Waals surface area contributed by atoms with Gasteiger partial charge < -0.3 is 9.13 Å². The molecule has 0 aliphatic heterocycles. The average Bonchev–Trinajstić information content (AvgIpc) is 4.07. The maximum absolute atomic E-state index is 5.46. The van der Waals surface area contributed by atoms with Crippen LogP contribution >= 0.6 is 0 Å². The fourth-order valence-corrected chi connectivity index (χ4v) is 10.6. The standard InChI is InChI=1S/C63H40N6/c1-4-18-41(19-5-1)43-32-36-45(37-33-43)61-64-62(46-38-34-44(35-39-46)42-20-6-2-7-21-42)66-63(65-61)69-55-31-17-12-26-50(55)58-56(69)40-57(68-52-28-14-10-24-48(52)49-25-11-15-29-53(49)68)60-59(58)51-27-13-16-30-54(51)67(60)47-22-8-3-9-23-47/h1-40H. The zero-order chi connectivity index (χ0) is 45.4. The second-order valence-corrected chi connectivity index (χ2v) is 17.6. The van der Waals surface area contributed by atoms with Crippen LogP contribution in [0.15, 0.2) is 243 Å². The molecule has 69 heavy (non-hydrogen) atoms. The minimum Gasteiger partial charge on any atom is -0.307 e. The third kappa shape index (κ3) is 6.16. The lowest BCUT2D eigenvalue weighted by Gasteiger charge is -2.16. The summed E-state index contributed by atoms with van der Waals surface area (Å²) < 4.78 is 7.17. The summed E-state index contributed by atoms with van der Waals surface area (Å²) in [4.78, 5) is 16.2. The van der Waals surface area contributed by atoms with Crippen molar-refractivity contribution in [1.29, 1.82) is 0 Å². The Hall–Kier alpha value is -9.39. The van der Waals surface area contributed by atoms with E-state index in [1.165, 1.54) is 21.5 Å². The molecular formula is C63H40N6. The molecule has 0 fully saturated rings. The fraction of sp³-hybridized carbons (Fsp3) is 0. The second kappa shape index (κ2) is 15.6. The fourth-order valence-electron chi connectivity index (χ4n) is 10.6. The summed E-state index contributed by atoms with van der Waals surface area (Å²) in [6.07, 6.45) is 0. The number of benzene rings is 10. The first-order chi connectivity index (χ1) is 34.2. The number of nitrogens with zero attached hydrogens (tertiary/aromatic N) is 6. The van der Waals surface area contributed by atoms with E-state index in [0.29, 0.717) is 17.6 Å². The lowest BCUT2D eigenvalue weighted by atomic mass is 10.0. The van der Waals surface area contributed by atoms with Crippen molar-refractivity contribution in [1.82, 2.24) is 28.7 Å². The molecule has 0 saturated carbocycles. The highest BCUT2D eigenvalue weighted by atomic mass is 15.2. The van der Waals surface area contributed by atoms with Crippen LogP contribution in [-0.4, -0.2) is 28.7 Å². The van der Waals surface area contributed by atoms with Crippen molar-refractivity contribution in [2.45, 2.75) is 0 Å². The lowest BCUT2D eigenvalue weighted by Crippen LogP contribution is -2.07. The van der Waals surface area contributed by atoms with Crippen molar-refractivity contribution in [2.24, 2.45) is 0 Å². The molecule has 0 radical (unpaired) electrons. The highest BCUT2D eigenvalue weighted by Crippen LogP contribution is 2.46. The largest absolute Gasteiger partial charge is 0.307 e. The van der Waals surface area contributed by atoms with Gasteiger partial charge in [0, 0.05) is 49.1 Å². The summed E-state index contributed by atoms with van der Waals surface area (Å²) >= 11 is 0. The predicted molar refractivity (Wildman–Crippen MR) is 285 cm³/mol. The van der Waals surface area contributed by atoms with Gasteiger partial charge in [-0.05, 0) is 64.7 Å². The third-order valence-electron chi connectivity index (χ3n) is 13.7. The number of para-hydroxylation sites is 5. The molecule has 6 nitrogen and oxygen atoms in total. The van der Waals surface area contributed by atoms with E-state index in [0.717, 1.165) is 88.6 Å². The van der Waals surface area contributed by atoms with Gasteiger partial charge >= 0.3 is 0 Å². The first kappa shape index (κ1) is 38.8. The minimum absolute atomic E-state index is 0.541. The molecule has 14 rings (SSSR count). The molecule has 6 heteroatoms. The Morgan fingerprint density at radius 2 is 0.638 bits per heavy atom. The molecular weight excluding hydrogens is 841 g/mol. The van der Waals surface area contributed by atoms with Gasteiger partial charge in [-0.1, -0.05) is 200 Å². The van der Waals surface area contributed by atoms with Crippen molar-refractivity contribution in [3.8, 4) is 62.4 Å². The van der Waals surface area contributed by atoms with Crippen LogP contribution in [0.4, 0.5) is 0 Å². The molecule has 4 aromatic heterocycles. The SMILES string of the molecule is c1ccc(-c2ccc(-c3nc(-c4ccc(-c5ccccc5)cc4)nc(-n4c5ccccc5c5c6c7ccccc7n(-c7ccccc7)c6c(-n6c7ccccc7c7ccccc76)cc54)n3)cc2)cc1. The van der Waals surface area contributed by atoms with Gasteiger partial charge in [0.25, 0.3) is 0 Å². The first-order valence-corrected chi connectivity index (χ1v) is 23.4. The van der Waals surface area contributed by atoms with E-state index < -0.39 is 0 Å². The van der Waals surface area contributed by atoms with E-state index >= 15 is 0 Å². The lowest BCUT2D eigenvalue weighted by molar-refractivity contribution is 0.953. The number of fused-ring (bicyclic) bond motifs is 10. The summed E-state index contributed by atoms with van der Waals surface area (Å²) in [6.45, 7) is 0. The molecule has 0 spiro atoms. The van der Waals surface area contributed by atoms with E-state index in [-0.39, 0.29) is 0 Å². The van der Waals surface area contributed by atoms with Crippen molar-refractivity contribution in [2.75, 3.05) is 0 Å². The molecule has 10 aromatic carbocycles. The van der Waals surface area contributed by atoms with Gasteiger partial charge in [-0.25, -0.2) is 4.98 Å². The van der Waals surface area contributed by atoms with Gasteiger partial charge in [-0.3, -0.25) is 4.57 Å². The number of rotatable bonds is 7. The van der Waals surface area contributed by atoms with Crippen LogP contribution in [0.25, 0.3) is 128 Å². The molecule has 14 aromatic rings. The van der Waals surface area contributed by atoms with Crippen LogP contribution in [0.3, 0.4) is 0 Å². The van der Waals surface area contributed by atoms with E-state index in [2.05, 4.69) is 244 Å². The summed E-state index contributed by atoms with van der Waals surface area (Å²) in [5.74, 6) is 1.73. The molecule has 0 atom stereocenters. The van der Waals surface area contributed by atoms with Crippen LogP contribution in [0, 0.1) is 0 Å². The van der Waals surface area contributed by atoms with Crippen molar-refractivity contribution in [3.05, 3.63) is 243 Å². The average molecular weight is 881 g/mol. The molecule has 0 aliphatic carbocycles. The van der Waals surface area contributed by atoms with Crippen LogP contribution in [0.1, 0.15) is 0 Å². The number of hydrogen-bond acceptors (Lipinski definition) is 3. The molecule has 0 unspecified atom stereocenters. The van der Waals surface area contributed by atoms with Gasteiger partial charge in [-0.15, -0.1) is 0 Å². The van der Waals surface area contributed by atoms with Gasteiger partial charge in [0.2, 0.25) is 5.95 Å². The van der Waals surface area contributed by atoms with E-state index in [9.17, 15) is 0 Å². The maximum atomic E-state index is 5.46. The summed E-state index contributed by atoms with van der Waals surface area (Å²) in [7, 11) is 0. The summed E-state index contributed by atoms with van der Waals surface area (Å²) in [5.41, 5.74) is 15.1. The molecule has 0 bridgehead atoms. The Labute approximate surface area is 397 Å². The Morgan fingerprint density at radius 3 is 1.14 bits per heavy atom. The molecule has 322 valence electrons. The molecule has 0 aliphatic rings. The molecule has 0 saturated heterocycles. The Balaban J connectivity index is 1.10. The molecule has 0 N–H and O–H groups in total. The number of hydrogen-bond donors (Lipinski definition) is 0. The van der Waals surface area contributed by atoms with Gasteiger partial charge in [-0.2, -0.15) is 9.97 Å². The Kier molecular flexibility index (Phi) is 8.79. The third-order valence-corrected chi connectivity index (χ3v) is 13.7. The van der Waals surface area contributed by atoms with Crippen LogP contribution in [0.5, 0.6) is 0 Å². The van der Waals surface area contributed by atoms with E-state index in [1.807, 2.05) is 12.1 Å². The smallest absolute Gasteiger partial charge is 0.238 e. The van der Waals surface area contributed by atoms with Gasteiger partial charge in [0.05, 0.1) is 38.8 Å². The van der Waals surface area contributed by atoms with Crippen LogP contribution in [-0.2, 0) is 0 Å². The van der Waals surface area contributed by atoms with Gasteiger partial charge in [0.15, 0.2) is 11.6 Å².